The zero-order chi connectivity index (χ0) is 16.0. The molecule has 1 heterocycles. The van der Waals surface area contributed by atoms with Crippen molar-refractivity contribution in [2.75, 3.05) is 45.8 Å². The monoisotopic (exact) mass is 364 g/mol. The third kappa shape index (κ3) is 4.48. The largest absolute Gasteiger partial charge is 0.394 e. The molecule has 0 aliphatic carbocycles. The minimum Gasteiger partial charge on any atom is -0.394 e. The minimum atomic E-state index is -1.31. The topological polar surface area (TPSA) is 111 Å². The van der Waals surface area contributed by atoms with Gasteiger partial charge in [-0.2, -0.15) is 5.10 Å². The van der Waals surface area contributed by atoms with Gasteiger partial charge in [0.2, 0.25) is 0 Å². The second kappa shape index (κ2) is 7.85. The number of rotatable bonds is 8. The van der Waals surface area contributed by atoms with Crippen molar-refractivity contribution in [1.29, 1.82) is 0 Å². The molecular formula is C12H21BrN4O4. The number of aliphatic hydroxyl groups excluding tert-OH is 3. The molecule has 0 spiro atoms. The fourth-order valence-electron chi connectivity index (χ4n) is 1.56. The summed E-state index contributed by atoms with van der Waals surface area (Å²) < 4.78 is 1.55. The Morgan fingerprint density at radius 2 is 1.90 bits per heavy atom. The Kier molecular flexibility index (Phi) is 6.75. The van der Waals surface area contributed by atoms with Gasteiger partial charge >= 0.3 is 0 Å². The number of halogens is 1. The van der Waals surface area contributed by atoms with Crippen LogP contribution in [-0.4, -0.2) is 76.0 Å². The van der Waals surface area contributed by atoms with Gasteiger partial charge in [0.1, 0.15) is 10.0 Å². The fourth-order valence-corrected chi connectivity index (χ4v) is 1.97. The molecule has 0 fully saturated rings. The van der Waals surface area contributed by atoms with Crippen LogP contribution in [0, 0.1) is 0 Å². The van der Waals surface area contributed by atoms with Gasteiger partial charge in [0, 0.05) is 6.54 Å². The lowest BCUT2D eigenvalue weighted by Gasteiger charge is -2.30. The Balaban J connectivity index is 3.01. The van der Waals surface area contributed by atoms with E-state index >= 15 is 0 Å². The van der Waals surface area contributed by atoms with Crippen molar-refractivity contribution >= 4 is 21.6 Å². The maximum Gasteiger partial charge on any atom is 0.283 e. The first-order valence-electron chi connectivity index (χ1n) is 6.40. The number of hydrogen-bond donors (Lipinski definition) is 4. The Labute approximate surface area is 131 Å². The van der Waals surface area contributed by atoms with E-state index < -0.39 is 25.4 Å². The molecule has 0 unspecified atom stereocenters. The molecule has 0 aliphatic heterocycles. The standard InChI is InChI=1S/C12H21BrN4O4/c1-16(2)3-4-17-11(21)10(13)9(5-14-17)15-12(6-18,7-19)8-20/h5,15,18-20H,3-4,6-8H2,1-2H3. The van der Waals surface area contributed by atoms with Crippen molar-refractivity contribution in [3.63, 3.8) is 0 Å². The summed E-state index contributed by atoms with van der Waals surface area (Å²) in [7, 11) is 3.79. The van der Waals surface area contributed by atoms with Crippen LogP contribution in [0.5, 0.6) is 0 Å². The van der Waals surface area contributed by atoms with Gasteiger partial charge in [0.05, 0.1) is 38.2 Å². The quantitative estimate of drug-likeness (QED) is 0.453. The molecule has 0 amide bonds. The van der Waals surface area contributed by atoms with E-state index in [2.05, 4.69) is 26.3 Å². The third-order valence-electron chi connectivity index (χ3n) is 3.05. The van der Waals surface area contributed by atoms with E-state index in [1.807, 2.05) is 19.0 Å². The third-order valence-corrected chi connectivity index (χ3v) is 3.82. The first kappa shape index (κ1) is 18.1. The van der Waals surface area contributed by atoms with Crippen molar-refractivity contribution < 1.29 is 15.3 Å². The molecule has 0 aromatic carbocycles. The molecular weight excluding hydrogens is 344 g/mol. The van der Waals surface area contributed by atoms with E-state index in [0.29, 0.717) is 18.8 Å². The highest BCUT2D eigenvalue weighted by molar-refractivity contribution is 9.10. The Morgan fingerprint density at radius 3 is 2.38 bits per heavy atom. The van der Waals surface area contributed by atoms with Crippen molar-refractivity contribution in [3.8, 4) is 0 Å². The summed E-state index contributed by atoms with van der Waals surface area (Å²) in [6.07, 6.45) is 1.41. The van der Waals surface area contributed by atoms with E-state index in [1.165, 1.54) is 10.9 Å². The molecule has 9 heteroatoms. The zero-order valence-corrected chi connectivity index (χ0v) is 13.7. The summed E-state index contributed by atoms with van der Waals surface area (Å²) >= 11 is 3.18. The van der Waals surface area contributed by atoms with Crippen LogP contribution in [0.3, 0.4) is 0 Å². The second-order valence-corrected chi connectivity index (χ2v) is 5.88. The number of nitrogens with one attached hydrogen (secondary N) is 1. The second-order valence-electron chi connectivity index (χ2n) is 5.08. The fraction of sp³-hybridized carbons (Fsp3) is 0.667. The number of aliphatic hydroxyl groups is 3. The van der Waals surface area contributed by atoms with Crippen LogP contribution < -0.4 is 10.9 Å². The molecule has 0 bridgehead atoms. The van der Waals surface area contributed by atoms with Crippen molar-refractivity contribution in [2.24, 2.45) is 0 Å². The number of likely N-dealkylation sites (N-methyl/N-ethyl adjacent to an activating group) is 1. The molecule has 21 heavy (non-hydrogen) atoms. The molecule has 0 radical (unpaired) electrons. The lowest BCUT2D eigenvalue weighted by molar-refractivity contribution is 0.0833. The average molecular weight is 365 g/mol. The van der Waals surface area contributed by atoms with Crippen LogP contribution in [-0.2, 0) is 6.54 Å². The summed E-state index contributed by atoms with van der Waals surface area (Å²) in [6.45, 7) is -0.363. The molecule has 0 atom stereocenters. The molecule has 0 aliphatic rings. The minimum absolute atomic E-state index is 0.232. The maximum atomic E-state index is 12.2. The zero-order valence-electron chi connectivity index (χ0n) is 12.1. The number of anilines is 1. The SMILES string of the molecule is CN(C)CCn1ncc(NC(CO)(CO)CO)c(Br)c1=O. The highest BCUT2D eigenvalue weighted by Crippen LogP contribution is 2.20. The smallest absolute Gasteiger partial charge is 0.283 e. The van der Waals surface area contributed by atoms with Gasteiger partial charge in [-0.15, -0.1) is 0 Å². The summed E-state index contributed by atoms with van der Waals surface area (Å²) in [5, 5.41) is 34.7. The highest BCUT2D eigenvalue weighted by atomic mass is 79.9. The van der Waals surface area contributed by atoms with Gasteiger partial charge < -0.3 is 25.5 Å². The predicted molar refractivity (Wildman–Crippen MR) is 82.4 cm³/mol. The maximum absolute atomic E-state index is 12.2. The van der Waals surface area contributed by atoms with Gasteiger partial charge in [-0.1, -0.05) is 0 Å². The Hall–Kier alpha value is -1.00. The van der Waals surface area contributed by atoms with Gasteiger partial charge in [-0.3, -0.25) is 4.79 Å². The van der Waals surface area contributed by atoms with E-state index in [1.54, 1.807) is 0 Å². The molecule has 4 N–H and O–H groups in total. The first-order chi connectivity index (χ1) is 9.89. The van der Waals surface area contributed by atoms with Crippen LogP contribution in [0.1, 0.15) is 0 Å². The van der Waals surface area contributed by atoms with Crippen LogP contribution in [0.15, 0.2) is 15.5 Å². The molecule has 8 nitrogen and oxygen atoms in total. The molecule has 120 valence electrons. The first-order valence-corrected chi connectivity index (χ1v) is 7.19. The molecule has 0 saturated heterocycles. The van der Waals surface area contributed by atoms with Gasteiger partial charge in [0.15, 0.2) is 0 Å². The van der Waals surface area contributed by atoms with Crippen LogP contribution in [0.25, 0.3) is 0 Å². The normalized spacial score (nSPS) is 12.0. The molecule has 1 rings (SSSR count). The van der Waals surface area contributed by atoms with Crippen LogP contribution >= 0.6 is 15.9 Å². The van der Waals surface area contributed by atoms with Crippen LogP contribution in [0.2, 0.25) is 0 Å². The molecule has 1 aromatic heterocycles. The van der Waals surface area contributed by atoms with E-state index in [-0.39, 0.29) is 10.0 Å². The van der Waals surface area contributed by atoms with Crippen molar-refractivity contribution in [2.45, 2.75) is 12.1 Å². The highest BCUT2D eigenvalue weighted by Gasteiger charge is 2.29. The Morgan fingerprint density at radius 1 is 1.33 bits per heavy atom. The summed E-state index contributed by atoms with van der Waals surface area (Å²) in [5.41, 5.74) is -1.34. The van der Waals surface area contributed by atoms with Crippen LogP contribution in [0.4, 0.5) is 5.69 Å². The predicted octanol–water partition coefficient (Wildman–Crippen LogP) is -1.30. The summed E-state index contributed by atoms with van der Waals surface area (Å²) in [6, 6.07) is 0. The van der Waals surface area contributed by atoms with Gasteiger partial charge in [-0.25, -0.2) is 4.68 Å². The van der Waals surface area contributed by atoms with Gasteiger partial charge in [-0.05, 0) is 30.0 Å². The lowest BCUT2D eigenvalue weighted by atomic mass is 10.0. The molecule has 0 saturated carbocycles. The Bertz CT molecular complexity index is 508. The molecule has 1 aromatic rings. The van der Waals surface area contributed by atoms with E-state index in [4.69, 9.17) is 0 Å². The summed E-state index contributed by atoms with van der Waals surface area (Å²) in [5.74, 6) is 0. The lowest BCUT2D eigenvalue weighted by Crippen LogP contribution is -2.49. The number of hydrogen-bond acceptors (Lipinski definition) is 7. The number of nitrogens with zero attached hydrogens (tertiary/aromatic N) is 3. The van der Waals surface area contributed by atoms with Gasteiger partial charge in [0.25, 0.3) is 5.56 Å². The van der Waals surface area contributed by atoms with E-state index in [0.717, 1.165) is 0 Å². The van der Waals surface area contributed by atoms with Crippen molar-refractivity contribution in [1.82, 2.24) is 14.7 Å². The average Bonchev–Trinajstić information content (AvgIpc) is 2.48. The van der Waals surface area contributed by atoms with E-state index in [9.17, 15) is 20.1 Å². The number of aromatic nitrogens is 2. The van der Waals surface area contributed by atoms with Crippen molar-refractivity contribution in [3.05, 3.63) is 21.0 Å². The summed E-state index contributed by atoms with van der Waals surface area (Å²) in [4.78, 5) is 14.1.